The molecule has 1 saturated carbocycles. The van der Waals surface area contributed by atoms with Gasteiger partial charge in [-0.3, -0.25) is 4.79 Å². The van der Waals surface area contributed by atoms with Crippen molar-refractivity contribution >= 4 is 43.1 Å². The molecule has 1 atom stereocenters. The first kappa shape index (κ1) is 34.2. The van der Waals surface area contributed by atoms with Crippen molar-refractivity contribution in [2.75, 3.05) is 53.6 Å². The first-order valence-corrected chi connectivity index (χ1v) is 19.6. The number of ether oxygens (including phenoxy) is 1. The fourth-order valence-corrected chi connectivity index (χ4v) is 8.66. The highest BCUT2D eigenvalue weighted by molar-refractivity contribution is 7.88. The Kier molecular flexibility index (Phi) is 9.50. The summed E-state index contributed by atoms with van der Waals surface area (Å²) in [6.07, 6.45) is 7.23. The molecule has 0 radical (unpaired) electrons. The number of fused-ring (bicyclic) bond motifs is 5. The Hall–Kier alpha value is -3.66. The van der Waals surface area contributed by atoms with E-state index in [4.69, 9.17) is 4.74 Å². The minimum Gasteiger partial charge on any atom is -0.497 e. The van der Waals surface area contributed by atoms with E-state index in [-0.39, 0.29) is 43.8 Å². The Balaban J connectivity index is 1.44. The van der Waals surface area contributed by atoms with Gasteiger partial charge in [0.2, 0.25) is 10.0 Å². The maximum atomic E-state index is 13.6. The van der Waals surface area contributed by atoms with Gasteiger partial charge in [-0.05, 0) is 66.6 Å². The van der Waals surface area contributed by atoms with Crippen molar-refractivity contribution in [3.63, 3.8) is 0 Å². The summed E-state index contributed by atoms with van der Waals surface area (Å²) in [6.45, 7) is 1.46. The average molecular weight is 701 g/mol. The molecule has 260 valence electrons. The number of aromatic nitrogens is 1. The van der Waals surface area contributed by atoms with Crippen LogP contribution >= 0.6 is 0 Å². The molecule has 1 aromatic heterocycles. The third kappa shape index (κ3) is 6.78. The Morgan fingerprint density at radius 2 is 1.65 bits per heavy atom. The SMILES string of the molecule is COc1ccc2c(c1)CC(NC(=O)N1CCN(S(C)(=O)=O)CC1)Cn1c-2c(C2CCCCC2)c2ccc(C(=O)NS(=O)(=O)N(C)C)cc21. The van der Waals surface area contributed by atoms with Crippen LogP contribution in [0.5, 0.6) is 5.75 Å². The van der Waals surface area contributed by atoms with Crippen LogP contribution in [0, 0.1) is 0 Å². The molecular weight excluding hydrogens is 657 g/mol. The summed E-state index contributed by atoms with van der Waals surface area (Å²) in [5.74, 6) is 0.288. The number of amides is 3. The van der Waals surface area contributed by atoms with Crippen molar-refractivity contribution in [2.24, 2.45) is 0 Å². The Labute approximate surface area is 282 Å². The van der Waals surface area contributed by atoms with Crippen LogP contribution in [-0.4, -0.2) is 107 Å². The summed E-state index contributed by atoms with van der Waals surface area (Å²) in [5, 5.41) is 4.24. The zero-order chi connectivity index (χ0) is 34.4. The number of urea groups is 1. The molecule has 1 saturated heterocycles. The summed E-state index contributed by atoms with van der Waals surface area (Å²) >= 11 is 0. The molecule has 2 aromatic carbocycles. The van der Waals surface area contributed by atoms with Crippen molar-refractivity contribution in [3.05, 3.63) is 53.1 Å². The maximum absolute atomic E-state index is 13.6. The summed E-state index contributed by atoms with van der Waals surface area (Å²) in [5.41, 5.74) is 5.33. The normalized spacial score (nSPS) is 19.4. The van der Waals surface area contributed by atoms with E-state index < -0.39 is 26.1 Å². The minimum absolute atomic E-state index is 0.215. The third-order valence-corrected chi connectivity index (χ3v) is 12.5. The van der Waals surface area contributed by atoms with E-state index in [1.807, 2.05) is 18.2 Å². The van der Waals surface area contributed by atoms with Gasteiger partial charge in [-0.1, -0.05) is 25.3 Å². The highest BCUT2D eigenvalue weighted by Crippen LogP contribution is 2.46. The number of benzene rings is 2. The first-order chi connectivity index (χ1) is 22.8. The standard InChI is InChI=1S/C33H44N6O7S2/c1-36(2)48(44,45)35-32(40)23-10-12-28-29(20-23)39-21-25(34-33(41)37-14-16-38(17-15-37)47(4,42)43)18-24-19-26(46-3)11-13-27(24)31(39)30(28)22-8-6-5-7-9-22/h10-13,19-20,22,25H,5-9,14-18,21H2,1-4H3,(H,34,41)(H,35,40). The lowest BCUT2D eigenvalue weighted by atomic mass is 9.81. The van der Waals surface area contributed by atoms with Gasteiger partial charge in [0, 0.05) is 68.8 Å². The highest BCUT2D eigenvalue weighted by Gasteiger charge is 2.33. The molecule has 48 heavy (non-hydrogen) atoms. The number of hydrogen-bond acceptors (Lipinski definition) is 7. The fraction of sp³-hybridized carbons (Fsp3) is 0.515. The van der Waals surface area contributed by atoms with Crippen LogP contribution in [0.25, 0.3) is 22.2 Å². The van der Waals surface area contributed by atoms with Crippen molar-refractivity contribution in [2.45, 2.75) is 57.0 Å². The second-order valence-electron chi connectivity index (χ2n) is 13.2. The Morgan fingerprint density at radius 3 is 2.29 bits per heavy atom. The summed E-state index contributed by atoms with van der Waals surface area (Å²) in [4.78, 5) is 28.5. The lowest BCUT2D eigenvalue weighted by Gasteiger charge is -2.34. The number of sulfonamides is 1. The molecule has 2 fully saturated rings. The smallest absolute Gasteiger partial charge is 0.317 e. The van der Waals surface area contributed by atoms with Crippen LogP contribution in [0.1, 0.15) is 59.5 Å². The molecule has 0 bridgehead atoms. The summed E-state index contributed by atoms with van der Waals surface area (Å²) in [7, 11) is -3.00. The minimum atomic E-state index is -4.00. The van der Waals surface area contributed by atoms with Crippen LogP contribution < -0.4 is 14.8 Å². The second-order valence-corrected chi connectivity index (χ2v) is 17.0. The molecule has 15 heteroatoms. The monoisotopic (exact) mass is 700 g/mol. The number of methoxy groups -OCH3 is 1. The molecule has 1 aliphatic carbocycles. The second kappa shape index (κ2) is 13.3. The number of carbonyl (C=O) groups is 2. The zero-order valence-electron chi connectivity index (χ0n) is 27.9. The van der Waals surface area contributed by atoms with Gasteiger partial charge in [-0.15, -0.1) is 0 Å². The van der Waals surface area contributed by atoms with Gasteiger partial charge in [-0.2, -0.15) is 17.0 Å². The van der Waals surface area contributed by atoms with E-state index in [1.165, 1.54) is 36.6 Å². The number of rotatable bonds is 7. The van der Waals surface area contributed by atoms with Crippen molar-refractivity contribution < 1.29 is 31.2 Å². The molecular formula is C33H44N6O7S2. The van der Waals surface area contributed by atoms with Crippen LogP contribution in [0.15, 0.2) is 36.4 Å². The van der Waals surface area contributed by atoms with Crippen molar-refractivity contribution in [1.82, 2.24) is 28.1 Å². The molecule has 3 aliphatic rings. The summed E-state index contributed by atoms with van der Waals surface area (Å²) < 4.78 is 61.3. The van der Waals surface area contributed by atoms with Crippen LogP contribution in [0.3, 0.4) is 0 Å². The number of piperazine rings is 1. The van der Waals surface area contributed by atoms with Crippen LogP contribution in [-0.2, 0) is 33.2 Å². The summed E-state index contributed by atoms with van der Waals surface area (Å²) in [6, 6.07) is 10.8. The van der Waals surface area contributed by atoms with Crippen LogP contribution in [0.2, 0.25) is 0 Å². The van der Waals surface area contributed by atoms with E-state index in [0.717, 1.165) is 57.7 Å². The van der Waals surface area contributed by atoms with Gasteiger partial charge in [0.25, 0.3) is 5.91 Å². The van der Waals surface area contributed by atoms with Crippen molar-refractivity contribution in [3.8, 4) is 17.0 Å². The lowest BCUT2D eigenvalue weighted by Crippen LogP contribution is -2.55. The number of carbonyl (C=O) groups excluding carboxylic acids is 2. The van der Waals surface area contributed by atoms with E-state index in [0.29, 0.717) is 24.6 Å². The molecule has 2 N–H and O–H groups in total. The molecule has 6 rings (SSSR count). The van der Waals surface area contributed by atoms with E-state index in [2.05, 4.69) is 20.7 Å². The fourth-order valence-electron chi connectivity index (χ4n) is 7.30. The van der Waals surface area contributed by atoms with Gasteiger partial charge in [0.15, 0.2) is 0 Å². The van der Waals surface area contributed by atoms with E-state index >= 15 is 0 Å². The molecule has 3 heterocycles. The first-order valence-electron chi connectivity index (χ1n) is 16.4. The van der Waals surface area contributed by atoms with E-state index in [9.17, 15) is 26.4 Å². The van der Waals surface area contributed by atoms with Gasteiger partial charge in [0.1, 0.15) is 5.75 Å². The lowest BCUT2D eigenvalue weighted by molar-refractivity contribution is 0.0979. The number of hydrogen-bond donors (Lipinski definition) is 2. The number of nitrogens with one attached hydrogen (secondary N) is 2. The molecule has 3 amide bonds. The molecule has 1 unspecified atom stereocenters. The van der Waals surface area contributed by atoms with Gasteiger partial charge in [-0.25, -0.2) is 17.9 Å². The predicted molar refractivity (Wildman–Crippen MR) is 184 cm³/mol. The molecule has 13 nitrogen and oxygen atoms in total. The quantitative estimate of drug-likeness (QED) is 0.385. The maximum Gasteiger partial charge on any atom is 0.317 e. The topological polar surface area (TPSA) is 150 Å². The molecule has 0 spiro atoms. The highest BCUT2D eigenvalue weighted by atomic mass is 32.2. The number of nitrogens with zero attached hydrogens (tertiary/aromatic N) is 4. The molecule has 2 aliphatic heterocycles. The Bertz CT molecular complexity index is 1940. The van der Waals surface area contributed by atoms with Gasteiger partial charge < -0.3 is 19.5 Å². The zero-order valence-corrected chi connectivity index (χ0v) is 29.5. The van der Waals surface area contributed by atoms with Crippen LogP contribution in [0.4, 0.5) is 4.79 Å². The third-order valence-electron chi connectivity index (χ3n) is 9.84. The largest absolute Gasteiger partial charge is 0.497 e. The van der Waals surface area contributed by atoms with Gasteiger partial charge >= 0.3 is 16.2 Å². The molecule has 3 aromatic rings. The predicted octanol–water partition coefficient (Wildman–Crippen LogP) is 3.11. The average Bonchev–Trinajstić information content (AvgIpc) is 3.27. The van der Waals surface area contributed by atoms with Crippen molar-refractivity contribution in [1.29, 1.82) is 0 Å². The van der Waals surface area contributed by atoms with Gasteiger partial charge in [0.05, 0.1) is 25.1 Å². The van der Waals surface area contributed by atoms with E-state index in [1.54, 1.807) is 24.1 Å². The Morgan fingerprint density at radius 1 is 0.938 bits per heavy atom.